The van der Waals surface area contributed by atoms with Crippen molar-refractivity contribution in [1.82, 2.24) is 21.3 Å². The second-order valence-corrected chi connectivity index (χ2v) is 53.8. The first-order valence-electron chi connectivity index (χ1n) is 25.6. The standard InChI is InChI=1S/C47H63N4P2.C5H5.Fe/c52-47(42-26-48-11-13-50-42,43-27-49-12-14-51-43)41-25-39(33-7-3-1-4-8-33)44(34-9-5-2-6-10-34)40(41)28-53(45-35-17-29-15-30(19-35)20-36(45)18-29)46-37-21-31-16-32(23-37)24-38(46)22-31;1-2-4-5-3-1;/h1-10,25,29-32,35-38,42-43,45-46,48-51H,11-24,26-28,52H2;1-5H;. The van der Waals surface area contributed by atoms with E-state index < -0.39 is 6.51 Å². The predicted molar refractivity (Wildman–Crippen MR) is 239 cm³/mol. The zero-order chi connectivity index (χ0) is 37.9. The summed E-state index contributed by atoms with van der Waals surface area (Å²) in [4.78, 5) is 7.00. The van der Waals surface area contributed by atoms with Gasteiger partial charge in [0.25, 0.3) is 0 Å². The molecule has 12 saturated heterocycles. The summed E-state index contributed by atoms with van der Waals surface area (Å²) in [5.41, 5.74) is 6.08. The van der Waals surface area contributed by atoms with Crippen molar-refractivity contribution in [3.05, 3.63) is 71.8 Å². The van der Waals surface area contributed by atoms with E-state index in [0.717, 1.165) is 89.7 Å². The Morgan fingerprint density at radius 3 is 1.42 bits per heavy atom. The van der Waals surface area contributed by atoms with Crippen LogP contribution in [0.15, 0.2) is 60.7 Å². The van der Waals surface area contributed by atoms with Crippen molar-refractivity contribution in [3.8, 4) is 0 Å². The molecule has 20 fully saturated rings. The van der Waals surface area contributed by atoms with E-state index in [4.69, 9.17) is 0 Å². The van der Waals surface area contributed by atoms with E-state index in [0.29, 0.717) is 29.3 Å². The van der Waals surface area contributed by atoms with Gasteiger partial charge in [0.1, 0.15) is 0 Å². The Kier molecular flexibility index (Phi) is 3.57. The predicted octanol–water partition coefficient (Wildman–Crippen LogP) is 9.20. The van der Waals surface area contributed by atoms with Crippen LogP contribution in [0.3, 0.4) is 0 Å². The second kappa shape index (κ2) is 6.51. The molecule has 2 aromatic carbocycles. The molecule has 0 radical (unpaired) electrons. The van der Waals surface area contributed by atoms with Gasteiger partial charge in [-0.15, -0.1) is 0 Å². The zero-order valence-electron chi connectivity index (χ0n) is 35.1. The molecule has 0 amide bonds. The van der Waals surface area contributed by atoms with Crippen LogP contribution in [0.1, 0.15) is 75.3 Å². The molecule has 8 aliphatic carbocycles. The molecule has 8 atom stereocenters. The maximum absolute atomic E-state index is 4.84. The van der Waals surface area contributed by atoms with Gasteiger partial charge >= 0.3 is 348 Å². The van der Waals surface area contributed by atoms with E-state index in [1.165, 1.54) is 37.2 Å². The fourth-order valence-electron chi connectivity index (χ4n) is 34.7. The Hall–Kier alpha value is -0.341. The zero-order valence-corrected chi connectivity index (χ0v) is 38.2. The van der Waals surface area contributed by atoms with Gasteiger partial charge in [0.05, 0.1) is 0 Å². The number of nitrogens with one attached hydrogen (secondary N) is 4. The molecule has 7 heteroatoms. The van der Waals surface area contributed by atoms with Gasteiger partial charge in [-0.25, -0.2) is 0 Å². The molecule has 0 aromatic heterocycles. The molecule has 314 valence electrons. The molecule has 22 rings (SSSR count). The van der Waals surface area contributed by atoms with Crippen LogP contribution in [0.5, 0.6) is 0 Å². The van der Waals surface area contributed by atoms with Crippen LogP contribution in [0.4, 0.5) is 0 Å². The van der Waals surface area contributed by atoms with Gasteiger partial charge in [-0.05, 0) is 0 Å². The molecule has 20 aliphatic rings. The van der Waals surface area contributed by atoms with Gasteiger partial charge in [0.2, 0.25) is 0 Å². The summed E-state index contributed by atoms with van der Waals surface area (Å²) in [6, 6.07) is 27.2. The van der Waals surface area contributed by atoms with Gasteiger partial charge in [0.15, 0.2) is 0 Å². The first kappa shape index (κ1) is 32.3. The molecule has 8 bridgehead atoms. The van der Waals surface area contributed by atoms with E-state index in [-0.39, 0.29) is 13.1 Å². The Morgan fingerprint density at radius 2 is 1.02 bits per heavy atom. The number of piperazine rings is 2. The van der Waals surface area contributed by atoms with Gasteiger partial charge in [-0.2, -0.15) is 0 Å². The summed E-state index contributed by atoms with van der Waals surface area (Å²) in [6.45, 7) is 2.07. The summed E-state index contributed by atoms with van der Waals surface area (Å²) >= 11 is 0. The minimum absolute atomic E-state index is 0.0402. The van der Waals surface area contributed by atoms with Crippen LogP contribution in [-0.4, -0.2) is 74.0 Å². The van der Waals surface area contributed by atoms with Crippen LogP contribution in [0.2, 0.25) is 37.5 Å². The third kappa shape index (κ3) is 1.18. The Balaban J connectivity index is 0.905. The maximum atomic E-state index is 4.45. The van der Waals surface area contributed by atoms with Gasteiger partial charge in [-0.1, -0.05) is 0 Å². The molecule has 12 heterocycles. The molecule has 8 unspecified atom stereocenters. The molecule has 1 spiro atoms. The first-order valence-corrected chi connectivity index (χ1v) is 33.8. The van der Waals surface area contributed by atoms with Crippen molar-refractivity contribution in [2.75, 3.05) is 45.4 Å². The van der Waals surface area contributed by atoms with E-state index >= 15 is 0 Å². The Morgan fingerprint density at radius 1 is 0.576 bits per heavy atom. The summed E-state index contributed by atoms with van der Waals surface area (Å²) in [6.07, 6.45) is 18.1. The van der Waals surface area contributed by atoms with Gasteiger partial charge in [-0.3, -0.25) is 0 Å². The number of fused-ring (bicyclic) bond motifs is 10. The summed E-state index contributed by atoms with van der Waals surface area (Å²) in [5.74, 6) is 8.71. The van der Waals surface area contributed by atoms with E-state index in [2.05, 4.69) is 91.2 Å². The Labute approximate surface area is 346 Å². The number of rotatable bonds is 9. The van der Waals surface area contributed by atoms with Crippen molar-refractivity contribution < 1.29 is 6.51 Å². The number of hydrogen-bond acceptors (Lipinski definition) is 4. The van der Waals surface area contributed by atoms with E-state index in [1.807, 2.05) is 11.1 Å². The second-order valence-electron chi connectivity index (χ2n) is 27.6. The van der Waals surface area contributed by atoms with E-state index in [1.54, 1.807) is 70.4 Å². The van der Waals surface area contributed by atoms with Crippen molar-refractivity contribution in [2.45, 2.75) is 139 Å². The molecule has 8 saturated carbocycles. The fourth-order valence-corrected chi connectivity index (χ4v) is 128. The SMILES string of the molecule is PC(C1CNCCN1)(C1CNCCN1)[C]12[CH]3[C]4(c5ccccc5)[C]5(c6ccccc6)[C]1(CP(C1C6CC7CC(C6)CC1C7)C1C6CC7CC(C6)CC1C7)[Fe]34521678[CH]2[CH]1[CH]6[CH]7[CH]28. The summed E-state index contributed by atoms with van der Waals surface area (Å²) < 4.78 is 2.30. The number of hydrogen-bond donors (Lipinski definition) is 4. The normalized spacial score (nSPS) is 72.4. The van der Waals surface area contributed by atoms with Crippen LogP contribution < -0.4 is 21.3 Å². The minimum atomic E-state index is -4.84. The fraction of sp³-hybridized carbons (Fsp3) is 0.769. The van der Waals surface area contributed by atoms with Crippen molar-refractivity contribution in [1.29, 1.82) is 0 Å². The molecular formula is C52H68FeN4P2. The summed E-state index contributed by atoms with van der Waals surface area (Å²) in [5, 5.41) is 17.3. The molecule has 4 N–H and O–H groups in total. The average molecular weight is 867 g/mol. The summed E-state index contributed by atoms with van der Waals surface area (Å²) in [7, 11) is 4.03. The van der Waals surface area contributed by atoms with Gasteiger partial charge in [0, 0.05) is 0 Å². The van der Waals surface area contributed by atoms with Crippen LogP contribution in [0, 0.1) is 47.3 Å². The monoisotopic (exact) mass is 866 g/mol. The molecule has 4 nitrogen and oxygen atoms in total. The average Bonchev–Trinajstić information content (AvgIpc) is 4.22. The topological polar surface area (TPSA) is 48.1 Å². The third-order valence-electron chi connectivity index (χ3n) is 31.3. The molecule has 12 aliphatic heterocycles. The van der Waals surface area contributed by atoms with Crippen molar-refractivity contribution >= 4 is 17.2 Å². The van der Waals surface area contributed by atoms with Gasteiger partial charge < -0.3 is 0 Å². The quantitative estimate of drug-likeness (QED) is 0.150. The first-order chi connectivity index (χ1) is 28.8. The Bertz CT molecular complexity index is 2600. The molecule has 59 heavy (non-hydrogen) atoms. The van der Waals surface area contributed by atoms with Crippen molar-refractivity contribution in [3.63, 3.8) is 0 Å². The van der Waals surface area contributed by atoms with Crippen molar-refractivity contribution in [2.24, 2.45) is 47.3 Å². The number of benzene rings is 2. The molecule has 2 aromatic rings. The van der Waals surface area contributed by atoms with E-state index in [9.17, 15) is 0 Å². The third-order valence-corrected chi connectivity index (χ3v) is 81.5. The van der Waals surface area contributed by atoms with Crippen LogP contribution >= 0.6 is 17.2 Å². The van der Waals surface area contributed by atoms with Crippen LogP contribution in [-0.2, 0) is 15.1 Å². The van der Waals surface area contributed by atoms with Crippen LogP contribution in [0.25, 0.3) is 0 Å². The molecular weight excluding hydrogens is 798 g/mol.